The Morgan fingerprint density at radius 2 is 2.06 bits per heavy atom. The van der Waals surface area contributed by atoms with Gasteiger partial charge in [-0.2, -0.15) is 4.68 Å². The Morgan fingerprint density at radius 1 is 1.35 bits per heavy atom. The molecule has 0 spiro atoms. The number of aryl methyl sites for hydroxylation is 1. The molecule has 1 aromatic heterocycles. The Morgan fingerprint density at radius 3 is 2.59 bits per heavy atom. The minimum Gasteiger partial charge on any atom is -0.224 e. The van der Waals surface area contributed by atoms with Crippen molar-refractivity contribution in [2.24, 2.45) is 0 Å². The Bertz CT molecular complexity index is 665. The van der Waals surface area contributed by atoms with Crippen molar-refractivity contribution < 1.29 is 8.42 Å². The van der Waals surface area contributed by atoms with Gasteiger partial charge >= 0.3 is 0 Å². The third-order valence-corrected chi connectivity index (χ3v) is 3.79. The van der Waals surface area contributed by atoms with Gasteiger partial charge in [0.05, 0.1) is 10.6 Å². The number of tetrazole rings is 1. The highest BCUT2D eigenvalue weighted by Crippen LogP contribution is 2.24. The highest BCUT2D eigenvalue weighted by molar-refractivity contribution is 9.10. The van der Waals surface area contributed by atoms with Crippen LogP contribution in [0.3, 0.4) is 0 Å². The molecule has 1 aromatic carbocycles. The molecule has 90 valence electrons. The molecule has 0 atom stereocenters. The number of aromatic nitrogens is 4. The van der Waals surface area contributed by atoms with E-state index in [0.717, 1.165) is 6.26 Å². The van der Waals surface area contributed by atoms with Crippen molar-refractivity contribution in [3.05, 3.63) is 28.5 Å². The fourth-order valence-electron chi connectivity index (χ4n) is 1.41. The molecule has 0 saturated carbocycles. The van der Waals surface area contributed by atoms with E-state index in [1.807, 2.05) is 0 Å². The maximum atomic E-state index is 11.7. The van der Waals surface area contributed by atoms with Gasteiger partial charge in [-0.15, -0.1) is 5.10 Å². The highest BCUT2D eigenvalue weighted by Gasteiger charge is 2.17. The SMILES string of the molecule is Cc1nnnn1-c1ccc(Br)cc1S(C)(=O)=O. The third-order valence-electron chi connectivity index (χ3n) is 2.17. The first-order valence-corrected chi connectivity index (χ1v) is 7.33. The average molecular weight is 317 g/mol. The van der Waals surface area contributed by atoms with E-state index in [-0.39, 0.29) is 4.90 Å². The van der Waals surface area contributed by atoms with Crippen LogP contribution in [0.25, 0.3) is 5.69 Å². The summed E-state index contributed by atoms with van der Waals surface area (Å²) in [6, 6.07) is 4.93. The zero-order chi connectivity index (χ0) is 12.6. The van der Waals surface area contributed by atoms with Crippen LogP contribution >= 0.6 is 15.9 Å². The van der Waals surface area contributed by atoms with E-state index in [1.54, 1.807) is 19.1 Å². The van der Waals surface area contributed by atoms with Gasteiger partial charge in [0, 0.05) is 10.7 Å². The van der Waals surface area contributed by atoms with Crippen molar-refractivity contribution >= 4 is 25.8 Å². The number of benzene rings is 1. The van der Waals surface area contributed by atoms with Crippen LogP contribution in [0.2, 0.25) is 0 Å². The number of hydrogen-bond acceptors (Lipinski definition) is 5. The molecule has 8 heteroatoms. The van der Waals surface area contributed by atoms with Gasteiger partial charge in [0.15, 0.2) is 15.7 Å². The molecule has 0 aliphatic carbocycles. The molecule has 2 rings (SSSR count). The maximum absolute atomic E-state index is 11.7. The minimum atomic E-state index is -3.35. The quantitative estimate of drug-likeness (QED) is 0.830. The molecule has 0 bridgehead atoms. The van der Waals surface area contributed by atoms with Crippen molar-refractivity contribution in [1.82, 2.24) is 20.2 Å². The smallest absolute Gasteiger partial charge is 0.177 e. The molecule has 0 unspecified atom stereocenters. The minimum absolute atomic E-state index is 0.183. The summed E-state index contributed by atoms with van der Waals surface area (Å²) in [6.07, 6.45) is 1.15. The first kappa shape index (κ1) is 12.2. The van der Waals surface area contributed by atoms with E-state index in [1.165, 1.54) is 10.7 Å². The molecule has 0 fully saturated rings. The molecule has 0 aliphatic rings. The summed E-state index contributed by atoms with van der Waals surface area (Å²) in [6.45, 7) is 1.70. The Labute approximate surface area is 107 Å². The molecule has 0 amide bonds. The van der Waals surface area contributed by atoms with Crippen LogP contribution in [0.15, 0.2) is 27.6 Å². The van der Waals surface area contributed by atoms with Crippen molar-refractivity contribution in [2.45, 2.75) is 11.8 Å². The van der Waals surface area contributed by atoms with Gasteiger partial charge in [0.1, 0.15) is 0 Å². The summed E-state index contributed by atoms with van der Waals surface area (Å²) in [7, 11) is -3.35. The third kappa shape index (κ3) is 2.37. The topological polar surface area (TPSA) is 77.7 Å². The van der Waals surface area contributed by atoms with Crippen LogP contribution in [0, 0.1) is 6.92 Å². The Hall–Kier alpha value is -1.28. The normalized spacial score (nSPS) is 11.7. The lowest BCUT2D eigenvalue weighted by molar-refractivity contribution is 0.600. The van der Waals surface area contributed by atoms with Crippen molar-refractivity contribution in [3.63, 3.8) is 0 Å². The summed E-state index contributed by atoms with van der Waals surface area (Å²) in [4.78, 5) is 0.183. The average Bonchev–Trinajstić information content (AvgIpc) is 2.63. The molecule has 0 radical (unpaired) electrons. The van der Waals surface area contributed by atoms with Crippen molar-refractivity contribution in [1.29, 1.82) is 0 Å². The van der Waals surface area contributed by atoms with Crippen LogP contribution in [0.4, 0.5) is 0 Å². The lowest BCUT2D eigenvalue weighted by Crippen LogP contribution is -2.08. The number of hydrogen-bond donors (Lipinski definition) is 0. The van der Waals surface area contributed by atoms with Gasteiger partial charge in [-0.1, -0.05) is 15.9 Å². The van der Waals surface area contributed by atoms with Crippen LogP contribution < -0.4 is 0 Å². The van der Waals surface area contributed by atoms with Crippen LogP contribution in [-0.4, -0.2) is 34.9 Å². The predicted octanol–water partition coefficient (Wildman–Crippen LogP) is 1.14. The molecular formula is C9H9BrN4O2S. The second-order valence-electron chi connectivity index (χ2n) is 3.52. The first-order valence-electron chi connectivity index (χ1n) is 4.64. The van der Waals surface area contributed by atoms with Gasteiger partial charge in [0.25, 0.3) is 0 Å². The molecule has 0 saturated heterocycles. The molecule has 0 aliphatic heterocycles. The second-order valence-corrected chi connectivity index (χ2v) is 6.42. The number of rotatable bonds is 2. The van der Waals surface area contributed by atoms with Crippen LogP contribution in [-0.2, 0) is 9.84 Å². The Balaban J connectivity index is 2.76. The summed E-state index contributed by atoms with van der Waals surface area (Å²) in [5.74, 6) is 0.525. The first-order chi connectivity index (χ1) is 7.89. The van der Waals surface area contributed by atoms with Crippen LogP contribution in [0.1, 0.15) is 5.82 Å². The lowest BCUT2D eigenvalue weighted by Gasteiger charge is -2.08. The van der Waals surface area contributed by atoms with E-state index < -0.39 is 9.84 Å². The molecular weight excluding hydrogens is 308 g/mol. The van der Waals surface area contributed by atoms with E-state index in [4.69, 9.17) is 0 Å². The molecule has 2 aromatic rings. The van der Waals surface area contributed by atoms with Crippen molar-refractivity contribution in [3.8, 4) is 5.69 Å². The summed E-state index contributed by atoms with van der Waals surface area (Å²) >= 11 is 3.25. The summed E-state index contributed by atoms with van der Waals surface area (Å²) < 4.78 is 25.5. The van der Waals surface area contributed by atoms with Crippen molar-refractivity contribution in [2.75, 3.05) is 6.26 Å². The fraction of sp³-hybridized carbons (Fsp3) is 0.222. The summed E-state index contributed by atoms with van der Waals surface area (Å²) in [5, 5.41) is 11.0. The molecule has 6 nitrogen and oxygen atoms in total. The number of sulfone groups is 1. The van der Waals surface area contributed by atoms with E-state index >= 15 is 0 Å². The van der Waals surface area contributed by atoms with Gasteiger partial charge in [0.2, 0.25) is 0 Å². The monoisotopic (exact) mass is 316 g/mol. The molecule has 17 heavy (non-hydrogen) atoms. The highest BCUT2D eigenvalue weighted by atomic mass is 79.9. The Kier molecular flexibility index (Phi) is 3.00. The van der Waals surface area contributed by atoms with E-state index in [0.29, 0.717) is 16.0 Å². The lowest BCUT2D eigenvalue weighted by atomic mass is 10.3. The van der Waals surface area contributed by atoms with Crippen LogP contribution in [0.5, 0.6) is 0 Å². The maximum Gasteiger partial charge on any atom is 0.177 e. The van der Waals surface area contributed by atoms with Gasteiger partial charge in [-0.25, -0.2) is 8.42 Å². The second kappa shape index (κ2) is 4.19. The van der Waals surface area contributed by atoms with E-state index in [9.17, 15) is 8.42 Å². The van der Waals surface area contributed by atoms with Gasteiger partial charge in [-0.3, -0.25) is 0 Å². The standard InChI is InChI=1S/C9H9BrN4O2S/c1-6-11-12-13-14(6)8-4-3-7(10)5-9(8)17(2,15)16/h3-5H,1-2H3. The van der Waals surface area contributed by atoms with Gasteiger partial charge < -0.3 is 0 Å². The largest absolute Gasteiger partial charge is 0.224 e. The molecule has 1 heterocycles. The van der Waals surface area contributed by atoms with E-state index in [2.05, 4.69) is 31.5 Å². The zero-order valence-electron chi connectivity index (χ0n) is 9.12. The number of halogens is 1. The summed E-state index contributed by atoms with van der Waals surface area (Å²) in [5.41, 5.74) is 0.443. The number of nitrogens with zero attached hydrogens (tertiary/aromatic N) is 4. The molecule has 0 N–H and O–H groups in total. The van der Waals surface area contributed by atoms with Gasteiger partial charge in [-0.05, 0) is 35.5 Å². The fourth-order valence-corrected chi connectivity index (χ4v) is 2.80. The zero-order valence-corrected chi connectivity index (χ0v) is 11.5. The predicted molar refractivity (Wildman–Crippen MR) is 64.7 cm³/mol.